The van der Waals surface area contributed by atoms with Gasteiger partial charge in [-0.1, -0.05) is 45.0 Å². The fraction of sp³-hybridized carbons (Fsp3) is 0.625. The number of benzene rings is 1. The smallest absolute Gasteiger partial charge is 0.0771 e. The Labute approximate surface area is 110 Å². The molecule has 0 atom stereocenters. The van der Waals surface area contributed by atoms with Gasteiger partial charge in [-0.15, -0.1) is 0 Å². The summed E-state index contributed by atoms with van der Waals surface area (Å²) in [6.45, 7) is 8.24. The zero-order valence-corrected chi connectivity index (χ0v) is 11.8. The van der Waals surface area contributed by atoms with Gasteiger partial charge in [0.2, 0.25) is 0 Å². The summed E-state index contributed by atoms with van der Waals surface area (Å²) in [5.41, 5.74) is 2.44. The summed E-state index contributed by atoms with van der Waals surface area (Å²) in [5.74, 6) is 0. The maximum atomic E-state index is 9.98. The summed E-state index contributed by atoms with van der Waals surface area (Å²) in [6.07, 6.45) is 3.06. The highest BCUT2D eigenvalue weighted by Crippen LogP contribution is 2.30. The minimum Gasteiger partial charge on any atom is -0.389 e. The first-order valence-electron chi connectivity index (χ1n) is 6.92. The van der Waals surface area contributed by atoms with Crippen molar-refractivity contribution in [3.63, 3.8) is 0 Å². The molecule has 0 bridgehead atoms. The van der Waals surface area contributed by atoms with Crippen LogP contribution in [0.15, 0.2) is 24.3 Å². The third-order valence-electron chi connectivity index (χ3n) is 3.89. The Morgan fingerprint density at radius 2 is 1.78 bits per heavy atom. The summed E-state index contributed by atoms with van der Waals surface area (Å²) in [4.78, 5) is 0. The van der Waals surface area contributed by atoms with Gasteiger partial charge in [0.05, 0.1) is 5.60 Å². The molecule has 0 spiro atoms. The second kappa shape index (κ2) is 5.02. The molecule has 0 aromatic heterocycles. The van der Waals surface area contributed by atoms with E-state index < -0.39 is 5.60 Å². The van der Waals surface area contributed by atoms with Crippen molar-refractivity contribution in [2.24, 2.45) is 0 Å². The van der Waals surface area contributed by atoms with Crippen molar-refractivity contribution in [2.45, 2.75) is 57.6 Å². The van der Waals surface area contributed by atoms with Gasteiger partial charge in [0, 0.05) is 13.1 Å². The molecule has 0 radical (unpaired) electrons. The predicted molar refractivity (Wildman–Crippen MR) is 75.6 cm³/mol. The molecule has 2 heteroatoms. The molecule has 1 fully saturated rings. The van der Waals surface area contributed by atoms with Crippen molar-refractivity contribution in [2.75, 3.05) is 6.54 Å². The van der Waals surface area contributed by atoms with Gasteiger partial charge in [-0.3, -0.25) is 0 Å². The first-order chi connectivity index (χ1) is 8.39. The molecule has 0 aliphatic heterocycles. The summed E-state index contributed by atoms with van der Waals surface area (Å²) in [5, 5.41) is 13.3. The van der Waals surface area contributed by atoms with E-state index in [0.29, 0.717) is 6.54 Å². The highest BCUT2D eigenvalue weighted by atomic mass is 16.3. The molecule has 18 heavy (non-hydrogen) atoms. The van der Waals surface area contributed by atoms with E-state index in [-0.39, 0.29) is 5.41 Å². The molecule has 1 aromatic carbocycles. The lowest BCUT2D eigenvalue weighted by Crippen LogP contribution is -2.45. The number of rotatable bonds is 4. The van der Waals surface area contributed by atoms with E-state index in [9.17, 15) is 5.11 Å². The van der Waals surface area contributed by atoms with Crippen molar-refractivity contribution < 1.29 is 5.11 Å². The summed E-state index contributed by atoms with van der Waals surface area (Å²) < 4.78 is 0. The molecule has 1 aliphatic rings. The average molecular weight is 247 g/mol. The van der Waals surface area contributed by atoms with Gasteiger partial charge in [0.1, 0.15) is 0 Å². The van der Waals surface area contributed by atoms with E-state index in [1.54, 1.807) is 0 Å². The van der Waals surface area contributed by atoms with Gasteiger partial charge in [0.25, 0.3) is 0 Å². The Morgan fingerprint density at radius 1 is 1.17 bits per heavy atom. The Balaban J connectivity index is 1.83. The van der Waals surface area contributed by atoms with Crippen LogP contribution in [0.4, 0.5) is 0 Å². The molecular formula is C16H25NO. The summed E-state index contributed by atoms with van der Waals surface area (Å²) in [7, 11) is 0. The van der Waals surface area contributed by atoms with Crippen LogP contribution in [0.3, 0.4) is 0 Å². The lowest BCUT2D eigenvalue weighted by atomic mass is 9.80. The lowest BCUT2D eigenvalue weighted by molar-refractivity contribution is -0.0314. The third-order valence-corrected chi connectivity index (χ3v) is 3.89. The van der Waals surface area contributed by atoms with Crippen LogP contribution in [0.5, 0.6) is 0 Å². The molecule has 1 aliphatic carbocycles. The first-order valence-corrected chi connectivity index (χ1v) is 6.92. The molecule has 0 heterocycles. The normalized spacial score (nSPS) is 18.4. The molecule has 100 valence electrons. The Morgan fingerprint density at radius 3 is 2.22 bits per heavy atom. The highest BCUT2D eigenvalue weighted by Gasteiger charge is 2.33. The molecule has 0 amide bonds. The van der Waals surface area contributed by atoms with Gasteiger partial charge >= 0.3 is 0 Å². The van der Waals surface area contributed by atoms with E-state index in [1.165, 1.54) is 17.5 Å². The quantitative estimate of drug-likeness (QED) is 0.857. The predicted octanol–water partition coefficient (Wildman–Crippen LogP) is 2.99. The van der Waals surface area contributed by atoms with E-state index >= 15 is 0 Å². The fourth-order valence-corrected chi connectivity index (χ4v) is 2.32. The van der Waals surface area contributed by atoms with Crippen molar-refractivity contribution in [1.82, 2.24) is 5.32 Å². The van der Waals surface area contributed by atoms with Gasteiger partial charge in [-0.2, -0.15) is 0 Å². The number of hydrogen-bond acceptors (Lipinski definition) is 2. The Kier molecular flexibility index (Phi) is 3.79. The van der Waals surface area contributed by atoms with Crippen LogP contribution in [-0.2, 0) is 12.0 Å². The fourth-order valence-electron chi connectivity index (χ4n) is 2.32. The Bertz CT molecular complexity index is 385. The Hall–Kier alpha value is -0.860. The van der Waals surface area contributed by atoms with Crippen LogP contribution < -0.4 is 5.32 Å². The van der Waals surface area contributed by atoms with E-state index in [1.807, 2.05) is 0 Å². The summed E-state index contributed by atoms with van der Waals surface area (Å²) >= 11 is 0. The van der Waals surface area contributed by atoms with Crippen LogP contribution in [0, 0.1) is 0 Å². The second-order valence-electron chi connectivity index (χ2n) is 6.63. The van der Waals surface area contributed by atoms with Crippen molar-refractivity contribution in [3.05, 3.63) is 35.4 Å². The van der Waals surface area contributed by atoms with Crippen LogP contribution >= 0.6 is 0 Å². The zero-order valence-electron chi connectivity index (χ0n) is 11.8. The van der Waals surface area contributed by atoms with Crippen LogP contribution in [-0.4, -0.2) is 17.3 Å². The minimum absolute atomic E-state index is 0.215. The number of nitrogens with one attached hydrogen (secondary N) is 1. The second-order valence-corrected chi connectivity index (χ2v) is 6.63. The van der Waals surface area contributed by atoms with E-state index in [2.05, 4.69) is 50.4 Å². The number of hydrogen-bond donors (Lipinski definition) is 2. The molecular weight excluding hydrogens is 222 g/mol. The average Bonchev–Trinajstić information content (AvgIpc) is 2.26. The van der Waals surface area contributed by atoms with Gasteiger partial charge in [-0.05, 0) is 35.8 Å². The topological polar surface area (TPSA) is 32.3 Å². The lowest BCUT2D eigenvalue weighted by Gasteiger charge is -2.36. The van der Waals surface area contributed by atoms with Crippen LogP contribution in [0.2, 0.25) is 0 Å². The van der Waals surface area contributed by atoms with E-state index in [4.69, 9.17) is 0 Å². The van der Waals surface area contributed by atoms with Gasteiger partial charge < -0.3 is 10.4 Å². The SMILES string of the molecule is CC(C)(C)c1ccc(CNCC2(O)CCC2)cc1. The number of aliphatic hydroxyl groups is 1. The third kappa shape index (κ3) is 3.33. The van der Waals surface area contributed by atoms with E-state index in [0.717, 1.165) is 19.4 Å². The van der Waals surface area contributed by atoms with Crippen molar-refractivity contribution >= 4 is 0 Å². The van der Waals surface area contributed by atoms with Gasteiger partial charge in [-0.25, -0.2) is 0 Å². The molecule has 2 rings (SSSR count). The zero-order chi connectivity index (χ0) is 13.2. The maximum absolute atomic E-state index is 9.98. The molecule has 1 saturated carbocycles. The monoisotopic (exact) mass is 247 g/mol. The standard InChI is InChI=1S/C16H25NO/c1-15(2,3)14-7-5-13(6-8-14)11-17-12-16(18)9-4-10-16/h5-8,17-18H,4,9-12H2,1-3H3. The molecule has 0 saturated heterocycles. The largest absolute Gasteiger partial charge is 0.389 e. The maximum Gasteiger partial charge on any atom is 0.0771 e. The summed E-state index contributed by atoms with van der Waals surface area (Å²) in [6, 6.07) is 8.76. The molecule has 0 unspecified atom stereocenters. The highest BCUT2D eigenvalue weighted by molar-refractivity contribution is 5.27. The van der Waals surface area contributed by atoms with Gasteiger partial charge in [0.15, 0.2) is 0 Å². The minimum atomic E-state index is -0.425. The molecule has 2 nitrogen and oxygen atoms in total. The van der Waals surface area contributed by atoms with Crippen LogP contribution in [0.25, 0.3) is 0 Å². The van der Waals surface area contributed by atoms with Crippen molar-refractivity contribution in [3.8, 4) is 0 Å². The van der Waals surface area contributed by atoms with Crippen LogP contribution in [0.1, 0.15) is 51.2 Å². The first kappa shape index (κ1) is 13.6. The van der Waals surface area contributed by atoms with Crippen molar-refractivity contribution in [1.29, 1.82) is 0 Å². The molecule has 1 aromatic rings. The molecule has 2 N–H and O–H groups in total.